The molecule has 180 valence electrons. The van der Waals surface area contributed by atoms with Crippen molar-refractivity contribution in [1.82, 2.24) is 19.0 Å². The molecule has 1 aliphatic rings. The van der Waals surface area contributed by atoms with Gasteiger partial charge in [-0.2, -0.15) is 0 Å². The molecule has 1 aliphatic heterocycles. The van der Waals surface area contributed by atoms with Crippen molar-refractivity contribution in [2.24, 2.45) is 0 Å². The first-order chi connectivity index (χ1) is 16.7. The van der Waals surface area contributed by atoms with Crippen LogP contribution in [-0.2, 0) is 4.74 Å². The molecular weight excluding hydrogens is 440 g/mol. The molecule has 1 amide bonds. The van der Waals surface area contributed by atoms with Crippen LogP contribution in [0, 0.1) is 6.92 Å². The summed E-state index contributed by atoms with van der Waals surface area (Å²) in [5.41, 5.74) is 4.73. The van der Waals surface area contributed by atoms with Gasteiger partial charge in [0.25, 0.3) is 0 Å². The Hall–Kier alpha value is -3.87. The second-order valence-electron chi connectivity index (χ2n) is 10.1. The number of rotatable bonds is 3. The van der Waals surface area contributed by atoms with E-state index in [2.05, 4.69) is 23.2 Å². The van der Waals surface area contributed by atoms with Gasteiger partial charge in [-0.3, -0.25) is 9.13 Å². The fraction of sp³-hybridized carbons (Fsp3) is 0.321. The third-order valence-corrected chi connectivity index (χ3v) is 6.36. The maximum absolute atomic E-state index is 13.8. The van der Waals surface area contributed by atoms with Crippen LogP contribution in [0.5, 0.6) is 0 Å². The molecule has 0 saturated carbocycles. The zero-order valence-electron chi connectivity index (χ0n) is 20.6. The van der Waals surface area contributed by atoms with Gasteiger partial charge in [0.15, 0.2) is 5.65 Å². The minimum absolute atomic E-state index is 0.148. The lowest BCUT2D eigenvalue weighted by Crippen LogP contribution is -2.36. The molecule has 7 heteroatoms. The Kier molecular flexibility index (Phi) is 5.71. The van der Waals surface area contributed by atoms with Crippen molar-refractivity contribution in [2.75, 3.05) is 13.1 Å². The molecular formula is C28H30N4O3. The fourth-order valence-electron chi connectivity index (χ4n) is 4.77. The van der Waals surface area contributed by atoms with Crippen LogP contribution in [0.2, 0.25) is 0 Å². The van der Waals surface area contributed by atoms with Gasteiger partial charge < -0.3 is 9.64 Å². The number of hydrogen-bond donors (Lipinski definition) is 0. The van der Waals surface area contributed by atoms with Gasteiger partial charge in [0, 0.05) is 19.3 Å². The number of carbonyl (C=O) groups is 1. The van der Waals surface area contributed by atoms with E-state index in [9.17, 15) is 9.59 Å². The van der Waals surface area contributed by atoms with Gasteiger partial charge in [-0.15, -0.1) is 0 Å². The highest BCUT2D eigenvalue weighted by Crippen LogP contribution is 2.29. The van der Waals surface area contributed by atoms with Crippen molar-refractivity contribution in [3.8, 4) is 16.8 Å². The maximum atomic E-state index is 13.8. The summed E-state index contributed by atoms with van der Waals surface area (Å²) in [5, 5.41) is 0. The Labute approximate surface area is 204 Å². The van der Waals surface area contributed by atoms with Gasteiger partial charge in [-0.25, -0.2) is 14.6 Å². The number of likely N-dealkylation sites (tertiary alicyclic amines) is 1. The number of fused-ring (bicyclic) bond motifs is 1. The first-order valence-corrected chi connectivity index (χ1v) is 12.0. The van der Waals surface area contributed by atoms with Crippen LogP contribution in [0.1, 0.15) is 38.8 Å². The largest absolute Gasteiger partial charge is 0.444 e. The van der Waals surface area contributed by atoms with E-state index < -0.39 is 5.60 Å². The first kappa shape index (κ1) is 22.9. The van der Waals surface area contributed by atoms with Gasteiger partial charge in [0.1, 0.15) is 5.60 Å². The average Bonchev–Trinajstić information content (AvgIpc) is 3.41. The maximum Gasteiger partial charge on any atom is 0.410 e. The van der Waals surface area contributed by atoms with E-state index in [1.165, 1.54) is 0 Å². The van der Waals surface area contributed by atoms with E-state index in [1.54, 1.807) is 20.2 Å². The molecule has 3 heterocycles. The Morgan fingerprint density at radius 1 is 1.03 bits per heavy atom. The van der Waals surface area contributed by atoms with Gasteiger partial charge in [0.2, 0.25) is 0 Å². The van der Waals surface area contributed by atoms with Gasteiger partial charge in [0.05, 0.1) is 17.2 Å². The zero-order valence-corrected chi connectivity index (χ0v) is 20.6. The molecule has 2 aromatic carbocycles. The molecule has 0 aliphatic carbocycles. The van der Waals surface area contributed by atoms with E-state index in [0.29, 0.717) is 25.2 Å². The summed E-state index contributed by atoms with van der Waals surface area (Å²) in [7, 11) is 0. The summed E-state index contributed by atoms with van der Waals surface area (Å²) in [5.74, 6) is 0. The molecule has 4 aromatic rings. The van der Waals surface area contributed by atoms with Crippen LogP contribution in [0.15, 0.2) is 71.7 Å². The number of aryl methyl sites for hydroxylation is 1. The van der Waals surface area contributed by atoms with Crippen molar-refractivity contribution in [1.29, 1.82) is 0 Å². The lowest BCUT2D eigenvalue weighted by atomic mass is 10.0. The van der Waals surface area contributed by atoms with Crippen molar-refractivity contribution < 1.29 is 9.53 Å². The molecule has 1 fully saturated rings. The molecule has 1 unspecified atom stereocenters. The molecule has 7 nitrogen and oxygen atoms in total. The summed E-state index contributed by atoms with van der Waals surface area (Å²) < 4.78 is 9.02. The quantitative estimate of drug-likeness (QED) is 0.405. The first-order valence-electron chi connectivity index (χ1n) is 12.0. The monoisotopic (exact) mass is 470 g/mol. The lowest BCUT2D eigenvalue weighted by Gasteiger charge is -2.24. The number of carbonyl (C=O) groups excluding carboxylic acids is 1. The topological polar surface area (TPSA) is 69.4 Å². The van der Waals surface area contributed by atoms with Gasteiger partial charge in [-0.05, 0) is 75.1 Å². The summed E-state index contributed by atoms with van der Waals surface area (Å²) in [4.78, 5) is 32.7. The number of ether oxygens (including phenoxy) is 1. The number of amides is 1. The predicted molar refractivity (Wildman–Crippen MR) is 137 cm³/mol. The van der Waals surface area contributed by atoms with Crippen LogP contribution in [0.25, 0.3) is 28.0 Å². The molecule has 2 aromatic heterocycles. The molecule has 5 rings (SSSR count). The molecule has 0 radical (unpaired) electrons. The van der Waals surface area contributed by atoms with Crippen LogP contribution >= 0.6 is 0 Å². The van der Waals surface area contributed by atoms with E-state index in [-0.39, 0.29) is 17.8 Å². The molecule has 1 saturated heterocycles. The van der Waals surface area contributed by atoms with Crippen molar-refractivity contribution >= 4 is 17.3 Å². The number of aromatic nitrogens is 3. The number of imidazole rings is 1. The lowest BCUT2D eigenvalue weighted by molar-refractivity contribution is 0.0289. The highest BCUT2D eigenvalue weighted by molar-refractivity contribution is 5.76. The third kappa shape index (κ3) is 4.34. The average molecular weight is 471 g/mol. The van der Waals surface area contributed by atoms with Gasteiger partial charge >= 0.3 is 11.8 Å². The Morgan fingerprint density at radius 2 is 1.80 bits per heavy atom. The normalized spacial score (nSPS) is 16.1. The summed E-state index contributed by atoms with van der Waals surface area (Å²) in [6.45, 7) is 8.53. The summed E-state index contributed by atoms with van der Waals surface area (Å²) >= 11 is 0. The molecule has 0 spiro atoms. The van der Waals surface area contributed by atoms with Gasteiger partial charge in [-0.1, -0.05) is 36.4 Å². The second-order valence-corrected chi connectivity index (χ2v) is 10.1. The molecule has 0 bridgehead atoms. The molecule has 1 atom stereocenters. The number of pyridine rings is 1. The van der Waals surface area contributed by atoms with Crippen molar-refractivity contribution in [3.05, 3.63) is 82.9 Å². The zero-order chi connectivity index (χ0) is 24.7. The Balaban J connectivity index is 1.54. The smallest absolute Gasteiger partial charge is 0.410 e. The minimum Gasteiger partial charge on any atom is -0.444 e. The minimum atomic E-state index is -0.562. The van der Waals surface area contributed by atoms with E-state index >= 15 is 0 Å². The standard InChI is InChI=1S/C28H30N4O3/c1-19-17-21(20-9-6-5-7-10-20)12-13-23(19)32-24-11-8-15-29-25(24)31(26(32)33)22-14-16-30(18-22)27(34)35-28(2,3)4/h5-13,15,17,22H,14,16,18H2,1-4H3. The number of nitrogens with zero attached hydrogens (tertiary/aromatic N) is 4. The SMILES string of the molecule is Cc1cc(-c2ccccc2)ccc1-n1c(=O)n(C2CCN(C(=O)OC(C)(C)C)C2)c2ncccc21. The number of benzene rings is 2. The Bertz CT molecular complexity index is 1450. The van der Waals surface area contributed by atoms with E-state index in [4.69, 9.17) is 4.74 Å². The summed E-state index contributed by atoms with van der Waals surface area (Å²) in [6, 6.07) is 19.9. The fourth-order valence-corrected chi connectivity index (χ4v) is 4.77. The van der Waals surface area contributed by atoms with E-state index in [0.717, 1.165) is 27.9 Å². The Morgan fingerprint density at radius 3 is 2.51 bits per heavy atom. The number of hydrogen-bond acceptors (Lipinski definition) is 4. The highest BCUT2D eigenvalue weighted by Gasteiger charge is 2.33. The van der Waals surface area contributed by atoms with Crippen LogP contribution in [-0.4, -0.2) is 43.8 Å². The van der Waals surface area contributed by atoms with Crippen molar-refractivity contribution in [2.45, 2.75) is 45.8 Å². The van der Waals surface area contributed by atoms with Crippen LogP contribution < -0.4 is 5.69 Å². The van der Waals surface area contributed by atoms with Crippen molar-refractivity contribution in [3.63, 3.8) is 0 Å². The van der Waals surface area contributed by atoms with Crippen LogP contribution in [0.3, 0.4) is 0 Å². The van der Waals surface area contributed by atoms with Crippen LogP contribution in [0.4, 0.5) is 4.79 Å². The highest BCUT2D eigenvalue weighted by atomic mass is 16.6. The third-order valence-electron chi connectivity index (χ3n) is 6.36. The molecule has 35 heavy (non-hydrogen) atoms. The van der Waals surface area contributed by atoms with E-state index in [1.807, 2.05) is 70.2 Å². The predicted octanol–water partition coefficient (Wildman–Crippen LogP) is 5.34. The molecule has 0 N–H and O–H groups in total. The summed E-state index contributed by atoms with van der Waals surface area (Å²) in [6.07, 6.45) is 2.02. The second kappa shape index (κ2) is 8.73.